The Morgan fingerprint density at radius 1 is 1.14 bits per heavy atom. The molecule has 7 nitrogen and oxygen atoms in total. The Kier molecular flexibility index (Phi) is 7.36. The lowest BCUT2D eigenvalue weighted by Gasteiger charge is -2.21. The van der Waals surface area contributed by atoms with E-state index in [-0.39, 0.29) is 5.69 Å². The number of nitrogens with two attached hydrogens (primary N) is 1. The van der Waals surface area contributed by atoms with Crippen LogP contribution in [0.15, 0.2) is 30.3 Å². The molecule has 3 N–H and O–H groups in total. The van der Waals surface area contributed by atoms with Crippen molar-refractivity contribution in [2.24, 2.45) is 0 Å². The third kappa shape index (κ3) is 6.51. The lowest BCUT2D eigenvalue weighted by atomic mass is 10.0. The maximum atomic E-state index is 14.0. The van der Waals surface area contributed by atoms with Gasteiger partial charge in [-0.3, -0.25) is 4.90 Å². The number of ether oxygens (including phenoxy) is 2. The fraction of sp³-hybridized carbons (Fsp3) is 0.462. The molecule has 1 fully saturated rings. The third-order valence-corrected chi connectivity index (χ3v) is 6.33. The van der Waals surface area contributed by atoms with Gasteiger partial charge in [-0.15, -0.1) is 0 Å². The number of methoxy groups -OCH3 is 1. The molecule has 37 heavy (non-hydrogen) atoms. The van der Waals surface area contributed by atoms with Crippen molar-refractivity contribution in [2.45, 2.75) is 44.6 Å². The van der Waals surface area contributed by atoms with Crippen LogP contribution >= 0.6 is 0 Å². The second-order valence-electron chi connectivity index (χ2n) is 9.63. The summed E-state index contributed by atoms with van der Waals surface area (Å²) in [5, 5.41) is 3.81. The van der Waals surface area contributed by atoms with Crippen LogP contribution in [0.25, 0.3) is 10.9 Å². The van der Waals surface area contributed by atoms with Crippen LogP contribution in [0.2, 0.25) is 0 Å². The Labute approximate surface area is 213 Å². The quantitative estimate of drug-likeness (QED) is 0.268. The molecule has 1 atom stereocenters. The lowest BCUT2D eigenvalue weighted by molar-refractivity contribution is -0.137. The van der Waals surface area contributed by atoms with E-state index in [9.17, 15) is 17.6 Å². The second-order valence-corrected chi connectivity index (χ2v) is 9.63. The van der Waals surface area contributed by atoms with Gasteiger partial charge in [-0.05, 0) is 63.6 Å². The molecular weight excluding hydrogens is 490 g/mol. The molecule has 2 aromatic carbocycles. The number of halogens is 4. The monoisotopic (exact) mass is 521 g/mol. The van der Waals surface area contributed by atoms with Gasteiger partial charge >= 0.3 is 6.18 Å². The van der Waals surface area contributed by atoms with Gasteiger partial charge in [0, 0.05) is 30.2 Å². The summed E-state index contributed by atoms with van der Waals surface area (Å²) in [7, 11) is 3.37. The molecule has 1 saturated carbocycles. The first-order valence-corrected chi connectivity index (χ1v) is 12.0. The Balaban J connectivity index is 1.58. The number of anilines is 2. The molecule has 0 spiro atoms. The molecule has 0 saturated heterocycles. The molecule has 0 radical (unpaired) electrons. The van der Waals surface area contributed by atoms with E-state index in [1.165, 1.54) is 13.2 Å². The molecule has 1 aromatic heterocycles. The van der Waals surface area contributed by atoms with E-state index in [2.05, 4.69) is 15.3 Å². The zero-order chi connectivity index (χ0) is 27.0. The van der Waals surface area contributed by atoms with Crippen molar-refractivity contribution >= 4 is 22.4 Å². The van der Waals surface area contributed by atoms with Crippen LogP contribution in [0.3, 0.4) is 0 Å². The van der Waals surface area contributed by atoms with Crippen molar-refractivity contribution in [3.05, 3.63) is 47.3 Å². The first-order valence-electron chi connectivity index (χ1n) is 12.0. The van der Waals surface area contributed by atoms with E-state index in [0.29, 0.717) is 72.1 Å². The number of alkyl halides is 4. The first kappa shape index (κ1) is 26.7. The Morgan fingerprint density at radius 2 is 1.86 bits per heavy atom. The predicted molar refractivity (Wildman–Crippen MR) is 135 cm³/mol. The fourth-order valence-corrected chi connectivity index (χ4v) is 4.18. The minimum Gasteiger partial charge on any atom is -0.493 e. The van der Waals surface area contributed by atoms with E-state index < -0.39 is 23.5 Å². The van der Waals surface area contributed by atoms with Crippen LogP contribution in [0, 0.1) is 6.92 Å². The number of nitrogens with zero attached hydrogens (tertiary/aromatic N) is 3. The molecule has 0 unspecified atom stereocenters. The van der Waals surface area contributed by atoms with Crippen LogP contribution in [-0.2, 0) is 6.18 Å². The third-order valence-electron chi connectivity index (χ3n) is 6.33. The Hall–Kier alpha value is -3.34. The van der Waals surface area contributed by atoms with E-state index in [1.807, 2.05) is 11.9 Å². The molecule has 1 heterocycles. The van der Waals surface area contributed by atoms with Gasteiger partial charge < -0.3 is 20.5 Å². The fourth-order valence-electron chi connectivity index (χ4n) is 4.18. The highest BCUT2D eigenvalue weighted by Gasteiger charge is 2.43. The van der Waals surface area contributed by atoms with E-state index in [4.69, 9.17) is 15.2 Å². The minimum absolute atomic E-state index is 0.0213. The number of benzene rings is 2. The number of fused-ring (bicyclic) bond motifs is 1. The lowest BCUT2D eigenvalue weighted by Crippen LogP contribution is -2.31. The molecule has 0 bridgehead atoms. The molecule has 3 aromatic rings. The van der Waals surface area contributed by atoms with Crippen molar-refractivity contribution in [1.29, 1.82) is 0 Å². The van der Waals surface area contributed by atoms with E-state index in [1.54, 1.807) is 26.0 Å². The number of aryl methyl sites for hydroxylation is 1. The largest absolute Gasteiger partial charge is 0.493 e. The average molecular weight is 522 g/mol. The van der Waals surface area contributed by atoms with Crippen LogP contribution in [-0.4, -0.2) is 54.4 Å². The molecule has 1 aliphatic carbocycles. The highest BCUT2D eigenvalue weighted by molar-refractivity contribution is 5.92. The van der Waals surface area contributed by atoms with Crippen molar-refractivity contribution in [1.82, 2.24) is 14.9 Å². The summed E-state index contributed by atoms with van der Waals surface area (Å²) in [5.74, 6) is 1.84. The second kappa shape index (κ2) is 10.2. The van der Waals surface area contributed by atoms with Gasteiger partial charge in [-0.1, -0.05) is 0 Å². The van der Waals surface area contributed by atoms with E-state index >= 15 is 0 Å². The van der Waals surface area contributed by atoms with Gasteiger partial charge in [0.2, 0.25) is 0 Å². The first-order chi connectivity index (χ1) is 17.4. The van der Waals surface area contributed by atoms with Crippen molar-refractivity contribution in [3.8, 4) is 11.5 Å². The zero-order valence-corrected chi connectivity index (χ0v) is 21.2. The minimum atomic E-state index is -4.51. The summed E-state index contributed by atoms with van der Waals surface area (Å²) < 4.78 is 65.4. The Bertz CT molecular complexity index is 1280. The summed E-state index contributed by atoms with van der Waals surface area (Å²) in [6, 6.07) is 6.40. The standard InChI is InChI=1S/C26H31F4N5O2/c1-15(17-9-18(26(28,29)30)11-19(31)10-17)32-24-20-12-23(22(36-4)13-21(20)33-16(2)34-24)37-8-7-35(3)14-25(27)5-6-25/h9-13,15H,5-8,14,31H2,1-4H3,(H,32,33,34)/t15-/m1/s1. The topological polar surface area (TPSA) is 85.5 Å². The molecule has 11 heteroatoms. The van der Waals surface area contributed by atoms with Crippen LogP contribution in [0.4, 0.5) is 29.1 Å². The predicted octanol–water partition coefficient (Wildman–Crippen LogP) is 5.53. The maximum absolute atomic E-state index is 14.0. The summed E-state index contributed by atoms with van der Waals surface area (Å²) >= 11 is 0. The van der Waals surface area contributed by atoms with Gasteiger partial charge in [0.25, 0.3) is 0 Å². The summed E-state index contributed by atoms with van der Waals surface area (Å²) in [6.07, 6.45) is -3.32. The number of rotatable bonds is 10. The summed E-state index contributed by atoms with van der Waals surface area (Å²) in [6.45, 7) is 4.65. The summed E-state index contributed by atoms with van der Waals surface area (Å²) in [5.41, 5.74) is 4.83. The van der Waals surface area contributed by atoms with Crippen LogP contribution in [0.1, 0.15) is 42.8 Å². The number of likely N-dealkylation sites (N-methyl/N-ethyl adjacent to an activating group) is 1. The average Bonchev–Trinajstić information content (AvgIpc) is 3.53. The number of nitrogen functional groups attached to an aromatic ring is 1. The van der Waals surface area contributed by atoms with Gasteiger partial charge in [-0.2, -0.15) is 13.2 Å². The highest BCUT2D eigenvalue weighted by atomic mass is 19.4. The van der Waals surface area contributed by atoms with Crippen LogP contribution in [0.5, 0.6) is 11.5 Å². The summed E-state index contributed by atoms with van der Waals surface area (Å²) in [4.78, 5) is 10.9. The molecule has 0 aliphatic heterocycles. The molecule has 0 amide bonds. The van der Waals surface area contributed by atoms with Gasteiger partial charge in [0.15, 0.2) is 11.5 Å². The zero-order valence-electron chi connectivity index (χ0n) is 21.2. The SMILES string of the molecule is COc1cc2nc(C)nc(N[C@H](C)c3cc(N)cc(C(F)(F)F)c3)c2cc1OCCN(C)CC1(F)CC1. The van der Waals surface area contributed by atoms with Gasteiger partial charge in [-0.25, -0.2) is 14.4 Å². The smallest absolute Gasteiger partial charge is 0.416 e. The van der Waals surface area contributed by atoms with Crippen molar-refractivity contribution < 1.29 is 27.0 Å². The number of aromatic nitrogens is 2. The molecule has 200 valence electrons. The van der Waals surface area contributed by atoms with Gasteiger partial charge in [0.1, 0.15) is 23.9 Å². The van der Waals surface area contributed by atoms with Gasteiger partial charge in [0.05, 0.1) is 24.2 Å². The molecule has 4 rings (SSSR count). The Morgan fingerprint density at radius 3 is 2.51 bits per heavy atom. The van der Waals surface area contributed by atoms with Crippen molar-refractivity contribution in [3.63, 3.8) is 0 Å². The maximum Gasteiger partial charge on any atom is 0.416 e. The number of hydrogen-bond donors (Lipinski definition) is 2. The highest BCUT2D eigenvalue weighted by Crippen LogP contribution is 2.40. The number of hydrogen-bond acceptors (Lipinski definition) is 7. The van der Waals surface area contributed by atoms with Crippen LogP contribution < -0.4 is 20.5 Å². The molecule has 1 aliphatic rings. The van der Waals surface area contributed by atoms with Crippen molar-refractivity contribution in [2.75, 3.05) is 44.9 Å². The molecular formula is C26H31F4N5O2. The van der Waals surface area contributed by atoms with E-state index in [0.717, 1.165) is 12.1 Å². The number of nitrogens with one attached hydrogen (secondary N) is 1. The normalized spacial score (nSPS) is 15.6.